The van der Waals surface area contributed by atoms with E-state index >= 15 is 0 Å². The minimum atomic E-state index is -3.73. The second kappa shape index (κ2) is 9.52. The molecule has 0 fully saturated rings. The third kappa shape index (κ3) is 6.22. The van der Waals surface area contributed by atoms with E-state index in [4.69, 9.17) is 4.74 Å². The second-order valence-electron chi connectivity index (χ2n) is 6.53. The van der Waals surface area contributed by atoms with E-state index < -0.39 is 27.6 Å². The minimum absolute atomic E-state index is 0.0346. The minimum Gasteiger partial charge on any atom is -0.497 e. The van der Waals surface area contributed by atoms with Gasteiger partial charge in [-0.1, -0.05) is 12.1 Å². The lowest BCUT2D eigenvalue weighted by molar-refractivity contribution is 0.102. The van der Waals surface area contributed by atoms with E-state index in [1.807, 2.05) is 0 Å². The number of sulfonamides is 1. The molecule has 31 heavy (non-hydrogen) atoms. The van der Waals surface area contributed by atoms with Crippen LogP contribution in [-0.4, -0.2) is 32.2 Å². The van der Waals surface area contributed by atoms with Crippen LogP contribution < -0.4 is 14.8 Å². The largest absolute Gasteiger partial charge is 0.497 e. The van der Waals surface area contributed by atoms with Crippen LogP contribution in [0.2, 0.25) is 0 Å². The molecule has 0 aliphatic carbocycles. The Hall–Kier alpha value is -3.53. The Morgan fingerprint density at radius 2 is 1.77 bits per heavy atom. The van der Waals surface area contributed by atoms with Crippen LogP contribution in [-0.2, 0) is 16.4 Å². The van der Waals surface area contributed by atoms with Gasteiger partial charge in [0.2, 0.25) is 10.0 Å². The first-order valence-corrected chi connectivity index (χ1v) is 10.8. The summed E-state index contributed by atoms with van der Waals surface area (Å²) in [6, 6.07) is 12.6. The summed E-state index contributed by atoms with van der Waals surface area (Å²) in [7, 11) is -2.18. The highest BCUT2D eigenvalue weighted by molar-refractivity contribution is 7.92. The summed E-state index contributed by atoms with van der Waals surface area (Å²) < 4.78 is 58.5. The first-order valence-electron chi connectivity index (χ1n) is 9.11. The molecule has 0 bridgehead atoms. The molecule has 0 saturated heterocycles. The summed E-state index contributed by atoms with van der Waals surface area (Å²) in [6.07, 6.45) is 1.54. The number of ether oxygens (including phenoxy) is 1. The standard InChI is InChI=1S/C21H19F2N3O4S/c1-30-17-5-2-14(3-6-17)9-11-31(28,29)26-20-12-15(8-10-24-20)21(27)25-16-4-7-18(22)19(23)13-16/h2-8,10,12-13H,9,11H2,1H3,(H,24,26)(H,25,27). The summed E-state index contributed by atoms with van der Waals surface area (Å²) in [4.78, 5) is 16.3. The maximum absolute atomic E-state index is 13.3. The molecule has 0 unspecified atom stereocenters. The van der Waals surface area contributed by atoms with Crippen LogP contribution in [0.3, 0.4) is 0 Å². The van der Waals surface area contributed by atoms with Crippen LogP contribution in [0.15, 0.2) is 60.8 Å². The van der Waals surface area contributed by atoms with Crippen molar-refractivity contribution < 1.29 is 26.7 Å². The normalized spacial score (nSPS) is 11.1. The Kier molecular flexibility index (Phi) is 6.81. The Bertz CT molecular complexity index is 1190. The molecule has 10 heteroatoms. The first kappa shape index (κ1) is 22.2. The molecule has 1 amide bonds. The van der Waals surface area contributed by atoms with Gasteiger partial charge in [0.25, 0.3) is 5.91 Å². The highest BCUT2D eigenvalue weighted by Crippen LogP contribution is 2.16. The molecule has 0 aliphatic rings. The zero-order valence-corrected chi connectivity index (χ0v) is 17.2. The van der Waals surface area contributed by atoms with E-state index in [-0.39, 0.29) is 29.2 Å². The molecule has 1 heterocycles. The predicted octanol–water partition coefficient (Wildman–Crippen LogP) is 3.61. The van der Waals surface area contributed by atoms with E-state index in [2.05, 4.69) is 15.0 Å². The van der Waals surface area contributed by atoms with Gasteiger partial charge in [0.15, 0.2) is 11.6 Å². The van der Waals surface area contributed by atoms with Gasteiger partial charge in [0, 0.05) is 23.5 Å². The molecule has 2 aromatic carbocycles. The Morgan fingerprint density at radius 3 is 2.45 bits per heavy atom. The van der Waals surface area contributed by atoms with E-state index in [9.17, 15) is 22.0 Å². The van der Waals surface area contributed by atoms with Crippen molar-refractivity contribution in [2.75, 3.05) is 22.9 Å². The maximum Gasteiger partial charge on any atom is 0.255 e. The number of nitrogens with one attached hydrogen (secondary N) is 2. The third-order valence-corrected chi connectivity index (χ3v) is 5.54. The van der Waals surface area contributed by atoms with Crippen molar-refractivity contribution in [3.05, 3.63) is 83.6 Å². The number of carbonyl (C=O) groups excluding carboxylic acids is 1. The highest BCUT2D eigenvalue weighted by Gasteiger charge is 2.14. The number of aryl methyl sites for hydroxylation is 1. The molecule has 0 spiro atoms. The number of methoxy groups -OCH3 is 1. The lowest BCUT2D eigenvalue weighted by atomic mass is 10.2. The van der Waals surface area contributed by atoms with Crippen LogP contribution >= 0.6 is 0 Å². The van der Waals surface area contributed by atoms with Gasteiger partial charge in [-0.2, -0.15) is 0 Å². The van der Waals surface area contributed by atoms with E-state index in [0.717, 1.165) is 17.7 Å². The van der Waals surface area contributed by atoms with Gasteiger partial charge in [-0.3, -0.25) is 9.52 Å². The zero-order chi connectivity index (χ0) is 22.4. The van der Waals surface area contributed by atoms with Crippen LogP contribution in [0, 0.1) is 11.6 Å². The Balaban J connectivity index is 1.64. The van der Waals surface area contributed by atoms with Crippen molar-refractivity contribution in [3.63, 3.8) is 0 Å². The van der Waals surface area contributed by atoms with Gasteiger partial charge >= 0.3 is 0 Å². The summed E-state index contributed by atoms with van der Waals surface area (Å²) in [5, 5.41) is 2.41. The summed E-state index contributed by atoms with van der Waals surface area (Å²) >= 11 is 0. The molecule has 0 atom stereocenters. The summed E-state index contributed by atoms with van der Waals surface area (Å²) in [5.41, 5.74) is 0.966. The molecule has 162 valence electrons. The summed E-state index contributed by atoms with van der Waals surface area (Å²) in [5.74, 6) is -2.31. The monoisotopic (exact) mass is 447 g/mol. The zero-order valence-electron chi connectivity index (χ0n) is 16.4. The number of nitrogens with zero attached hydrogens (tertiary/aromatic N) is 1. The topological polar surface area (TPSA) is 97.4 Å². The van der Waals surface area contributed by atoms with E-state index in [0.29, 0.717) is 5.75 Å². The van der Waals surface area contributed by atoms with Gasteiger partial charge < -0.3 is 10.1 Å². The average molecular weight is 447 g/mol. The Labute approximate surface area is 178 Å². The van der Waals surface area contributed by atoms with E-state index in [1.54, 1.807) is 31.4 Å². The van der Waals surface area contributed by atoms with Gasteiger partial charge in [0.05, 0.1) is 12.9 Å². The van der Waals surface area contributed by atoms with E-state index in [1.165, 1.54) is 24.4 Å². The SMILES string of the molecule is COc1ccc(CCS(=O)(=O)Nc2cc(C(=O)Nc3ccc(F)c(F)c3)ccn2)cc1. The number of halogens is 2. The van der Waals surface area contributed by atoms with Crippen molar-refractivity contribution in [1.29, 1.82) is 0 Å². The molecule has 1 aromatic heterocycles. The van der Waals surface area contributed by atoms with Crippen molar-refractivity contribution in [3.8, 4) is 5.75 Å². The second-order valence-corrected chi connectivity index (χ2v) is 8.37. The number of rotatable bonds is 8. The molecule has 0 saturated carbocycles. The van der Waals surface area contributed by atoms with Crippen LogP contribution in [0.5, 0.6) is 5.75 Å². The molecule has 0 radical (unpaired) electrons. The van der Waals surface area contributed by atoms with Crippen molar-refractivity contribution >= 4 is 27.4 Å². The van der Waals surface area contributed by atoms with Crippen molar-refractivity contribution in [2.45, 2.75) is 6.42 Å². The average Bonchev–Trinajstić information content (AvgIpc) is 2.75. The molecule has 3 rings (SSSR count). The summed E-state index contributed by atoms with van der Waals surface area (Å²) in [6.45, 7) is 0. The molecular weight excluding hydrogens is 428 g/mol. The number of hydrogen-bond donors (Lipinski definition) is 2. The van der Waals surface area contributed by atoms with Crippen LogP contribution in [0.1, 0.15) is 15.9 Å². The van der Waals surface area contributed by atoms with Crippen molar-refractivity contribution in [2.24, 2.45) is 0 Å². The Morgan fingerprint density at radius 1 is 1.03 bits per heavy atom. The van der Waals surface area contributed by atoms with Crippen LogP contribution in [0.25, 0.3) is 0 Å². The molecular formula is C21H19F2N3O4S. The van der Waals surface area contributed by atoms with Gasteiger partial charge in [-0.25, -0.2) is 22.2 Å². The highest BCUT2D eigenvalue weighted by atomic mass is 32.2. The fraction of sp³-hybridized carbons (Fsp3) is 0.143. The van der Waals surface area contributed by atoms with Gasteiger partial charge in [0.1, 0.15) is 11.6 Å². The number of benzene rings is 2. The molecule has 0 aliphatic heterocycles. The van der Waals surface area contributed by atoms with Gasteiger partial charge in [-0.15, -0.1) is 0 Å². The third-order valence-electron chi connectivity index (χ3n) is 4.28. The van der Waals surface area contributed by atoms with Crippen molar-refractivity contribution in [1.82, 2.24) is 4.98 Å². The molecule has 3 aromatic rings. The molecule has 2 N–H and O–H groups in total. The number of aromatic nitrogens is 1. The number of hydrogen-bond acceptors (Lipinski definition) is 5. The number of anilines is 2. The predicted molar refractivity (Wildman–Crippen MR) is 113 cm³/mol. The lowest BCUT2D eigenvalue weighted by Crippen LogP contribution is -2.19. The molecule has 7 nitrogen and oxygen atoms in total. The smallest absolute Gasteiger partial charge is 0.255 e. The first-order chi connectivity index (χ1) is 14.8. The maximum atomic E-state index is 13.3. The fourth-order valence-electron chi connectivity index (χ4n) is 2.66. The fourth-order valence-corrected chi connectivity index (χ4v) is 3.70. The van der Waals surface area contributed by atoms with Crippen LogP contribution in [0.4, 0.5) is 20.3 Å². The number of carbonyl (C=O) groups is 1. The number of pyridine rings is 1. The lowest BCUT2D eigenvalue weighted by Gasteiger charge is -2.10. The quantitative estimate of drug-likeness (QED) is 0.550. The number of amides is 1. The van der Waals surface area contributed by atoms with Gasteiger partial charge in [-0.05, 0) is 48.4 Å².